The summed E-state index contributed by atoms with van der Waals surface area (Å²) in [5.74, 6) is 0.342. The van der Waals surface area contributed by atoms with Gasteiger partial charge in [0.2, 0.25) is 11.1 Å². The van der Waals surface area contributed by atoms with E-state index in [4.69, 9.17) is 4.74 Å². The van der Waals surface area contributed by atoms with Crippen LogP contribution >= 0.6 is 34.4 Å². The predicted molar refractivity (Wildman–Crippen MR) is 112 cm³/mol. The lowest BCUT2D eigenvalue weighted by atomic mass is 10.3. The van der Waals surface area contributed by atoms with Crippen LogP contribution in [0, 0.1) is 0 Å². The van der Waals surface area contributed by atoms with Crippen molar-refractivity contribution in [2.75, 3.05) is 32.1 Å². The highest BCUT2D eigenvalue weighted by molar-refractivity contribution is 7.99. The molecule has 0 aromatic carbocycles. The van der Waals surface area contributed by atoms with Gasteiger partial charge in [0, 0.05) is 22.8 Å². The fourth-order valence-electron chi connectivity index (χ4n) is 2.85. The molecule has 1 aliphatic rings. The number of thiophene rings is 2. The van der Waals surface area contributed by atoms with Crippen LogP contribution in [-0.2, 0) is 22.5 Å². The Morgan fingerprint density at radius 2 is 2.03 bits per heavy atom. The standard InChI is InChI=1S/C18H19N5O3S3/c24-15(12-28-18-19-20-21-23(18)11-14-2-1-9-27-14)16-4-3-13(29-16)10-17(25)22-5-7-26-8-6-22/h1-4,9H,5-8,10-12H2. The first kappa shape index (κ1) is 20.2. The maximum absolute atomic E-state index is 12.6. The first-order valence-corrected chi connectivity index (χ1v) is 11.8. The van der Waals surface area contributed by atoms with Crippen LogP contribution < -0.4 is 0 Å². The van der Waals surface area contributed by atoms with Crippen LogP contribution in [0.1, 0.15) is 19.4 Å². The number of nitrogens with zero attached hydrogens (tertiary/aromatic N) is 5. The number of morpholine rings is 1. The fraction of sp³-hybridized carbons (Fsp3) is 0.389. The van der Waals surface area contributed by atoms with Gasteiger partial charge < -0.3 is 9.64 Å². The van der Waals surface area contributed by atoms with Gasteiger partial charge in [-0.3, -0.25) is 9.59 Å². The van der Waals surface area contributed by atoms with Crippen LogP contribution in [-0.4, -0.2) is 68.9 Å². The van der Waals surface area contributed by atoms with Crippen molar-refractivity contribution in [3.8, 4) is 0 Å². The number of thioether (sulfide) groups is 1. The number of Topliss-reactive ketones (excluding diaryl/α,β-unsaturated/α-hetero) is 1. The topological polar surface area (TPSA) is 90.2 Å². The molecule has 0 unspecified atom stereocenters. The SMILES string of the molecule is O=C(CSc1nnnn1Cc1cccs1)c1ccc(CC(=O)N2CCOCC2)s1. The summed E-state index contributed by atoms with van der Waals surface area (Å²) < 4.78 is 6.98. The summed E-state index contributed by atoms with van der Waals surface area (Å²) in [4.78, 5) is 29.4. The highest BCUT2D eigenvalue weighted by Crippen LogP contribution is 2.23. The van der Waals surface area contributed by atoms with E-state index in [1.54, 1.807) is 22.1 Å². The first-order chi connectivity index (χ1) is 14.2. The number of carbonyl (C=O) groups is 2. The normalized spacial score (nSPS) is 14.3. The Morgan fingerprint density at radius 3 is 2.83 bits per heavy atom. The number of hydrogen-bond donors (Lipinski definition) is 0. The summed E-state index contributed by atoms with van der Waals surface area (Å²) in [5.41, 5.74) is 0. The number of carbonyl (C=O) groups excluding carboxylic acids is 2. The van der Waals surface area contributed by atoms with E-state index >= 15 is 0 Å². The van der Waals surface area contributed by atoms with E-state index in [1.165, 1.54) is 23.1 Å². The molecule has 0 spiro atoms. The van der Waals surface area contributed by atoms with Crippen molar-refractivity contribution < 1.29 is 14.3 Å². The van der Waals surface area contributed by atoms with E-state index in [2.05, 4.69) is 15.5 Å². The summed E-state index contributed by atoms with van der Waals surface area (Å²) in [5, 5.41) is 14.4. The maximum atomic E-state index is 12.6. The van der Waals surface area contributed by atoms with E-state index in [9.17, 15) is 9.59 Å². The molecule has 0 aliphatic carbocycles. The molecule has 11 heteroatoms. The number of amides is 1. The first-order valence-electron chi connectivity index (χ1n) is 9.08. The number of rotatable bonds is 8. The molecule has 152 valence electrons. The molecular formula is C18H19N5O3S3. The molecule has 3 aromatic rings. The number of hydrogen-bond acceptors (Lipinski definition) is 9. The zero-order valence-corrected chi connectivity index (χ0v) is 18.0. The molecule has 1 amide bonds. The monoisotopic (exact) mass is 449 g/mol. The number of aromatic nitrogens is 4. The van der Waals surface area contributed by atoms with Crippen molar-refractivity contribution in [1.82, 2.24) is 25.1 Å². The van der Waals surface area contributed by atoms with Crippen LogP contribution in [0.25, 0.3) is 0 Å². The molecule has 1 aliphatic heterocycles. The zero-order chi connectivity index (χ0) is 20.1. The van der Waals surface area contributed by atoms with E-state index in [1.807, 2.05) is 28.5 Å². The van der Waals surface area contributed by atoms with Gasteiger partial charge in [-0.25, -0.2) is 4.68 Å². The second kappa shape index (κ2) is 9.61. The Bertz CT molecular complexity index is 963. The third kappa shape index (κ3) is 5.30. The van der Waals surface area contributed by atoms with Crippen LogP contribution in [0.4, 0.5) is 0 Å². The van der Waals surface area contributed by atoms with Gasteiger partial charge in [0.05, 0.1) is 36.8 Å². The van der Waals surface area contributed by atoms with Gasteiger partial charge in [-0.1, -0.05) is 17.8 Å². The third-order valence-corrected chi connectivity index (χ3v) is 7.29. The second-order valence-electron chi connectivity index (χ2n) is 6.35. The van der Waals surface area contributed by atoms with E-state index < -0.39 is 0 Å². The van der Waals surface area contributed by atoms with E-state index in [0.717, 1.165) is 9.75 Å². The lowest BCUT2D eigenvalue weighted by Crippen LogP contribution is -2.41. The predicted octanol–water partition coefficient (Wildman–Crippen LogP) is 2.22. The Kier molecular flexibility index (Phi) is 6.70. The quantitative estimate of drug-likeness (QED) is 0.385. The highest BCUT2D eigenvalue weighted by atomic mass is 32.2. The average Bonchev–Trinajstić information content (AvgIpc) is 3.50. The molecule has 0 atom stereocenters. The van der Waals surface area contributed by atoms with Gasteiger partial charge in [0.1, 0.15) is 0 Å². The highest BCUT2D eigenvalue weighted by Gasteiger charge is 2.19. The molecule has 1 saturated heterocycles. The summed E-state index contributed by atoms with van der Waals surface area (Å²) >= 11 is 4.34. The molecule has 1 fully saturated rings. The van der Waals surface area contributed by atoms with Crippen molar-refractivity contribution in [3.63, 3.8) is 0 Å². The molecule has 29 heavy (non-hydrogen) atoms. The van der Waals surface area contributed by atoms with Crippen molar-refractivity contribution in [2.45, 2.75) is 18.1 Å². The molecule has 3 aromatic heterocycles. The van der Waals surface area contributed by atoms with Gasteiger partial charge in [-0.2, -0.15) is 0 Å². The van der Waals surface area contributed by atoms with Crippen molar-refractivity contribution in [2.24, 2.45) is 0 Å². The summed E-state index contributed by atoms with van der Waals surface area (Å²) in [6.45, 7) is 3.03. The summed E-state index contributed by atoms with van der Waals surface area (Å²) in [6, 6.07) is 7.67. The Balaban J connectivity index is 1.31. The molecule has 0 radical (unpaired) electrons. The molecule has 0 bridgehead atoms. The second-order valence-corrected chi connectivity index (χ2v) is 9.49. The van der Waals surface area contributed by atoms with Gasteiger partial charge in [-0.05, 0) is 34.0 Å². The lowest BCUT2D eigenvalue weighted by Gasteiger charge is -2.26. The Morgan fingerprint density at radius 1 is 1.17 bits per heavy atom. The molecule has 0 N–H and O–H groups in total. The van der Waals surface area contributed by atoms with E-state index in [-0.39, 0.29) is 17.4 Å². The van der Waals surface area contributed by atoms with Crippen LogP contribution in [0.15, 0.2) is 34.8 Å². The van der Waals surface area contributed by atoms with Crippen molar-refractivity contribution >= 4 is 46.1 Å². The average molecular weight is 450 g/mol. The van der Waals surface area contributed by atoms with Crippen LogP contribution in [0.5, 0.6) is 0 Å². The minimum atomic E-state index is 0.00995. The molecule has 8 nitrogen and oxygen atoms in total. The fourth-order valence-corrected chi connectivity index (χ4v) is 5.32. The zero-order valence-electron chi connectivity index (χ0n) is 15.5. The molecular weight excluding hydrogens is 430 g/mol. The number of tetrazole rings is 1. The molecule has 0 saturated carbocycles. The molecule has 4 rings (SSSR count). The van der Waals surface area contributed by atoms with Crippen LogP contribution in [0.3, 0.4) is 0 Å². The van der Waals surface area contributed by atoms with Crippen LogP contribution in [0.2, 0.25) is 0 Å². The minimum Gasteiger partial charge on any atom is -0.378 e. The number of ketones is 1. The summed E-state index contributed by atoms with van der Waals surface area (Å²) in [7, 11) is 0. The van der Waals surface area contributed by atoms with Gasteiger partial charge in [-0.15, -0.1) is 27.8 Å². The third-order valence-electron chi connectivity index (χ3n) is 4.34. The van der Waals surface area contributed by atoms with E-state index in [0.29, 0.717) is 49.3 Å². The number of ether oxygens (including phenoxy) is 1. The maximum Gasteiger partial charge on any atom is 0.227 e. The van der Waals surface area contributed by atoms with Gasteiger partial charge in [0.25, 0.3) is 0 Å². The Labute approximate surface area is 179 Å². The smallest absolute Gasteiger partial charge is 0.227 e. The van der Waals surface area contributed by atoms with Crippen molar-refractivity contribution in [3.05, 3.63) is 44.3 Å². The largest absolute Gasteiger partial charge is 0.378 e. The minimum absolute atomic E-state index is 0.00995. The van der Waals surface area contributed by atoms with Gasteiger partial charge in [0.15, 0.2) is 5.78 Å². The van der Waals surface area contributed by atoms with Crippen molar-refractivity contribution in [1.29, 1.82) is 0 Å². The lowest BCUT2D eigenvalue weighted by molar-refractivity contribution is -0.134. The molecule has 4 heterocycles. The van der Waals surface area contributed by atoms with Gasteiger partial charge >= 0.3 is 0 Å². The Hall–Kier alpha value is -2.08. The summed E-state index contributed by atoms with van der Waals surface area (Å²) in [6.07, 6.45) is 0.324.